The van der Waals surface area contributed by atoms with Gasteiger partial charge in [-0.15, -0.1) is 0 Å². The van der Waals surface area contributed by atoms with E-state index in [0.29, 0.717) is 0 Å². The summed E-state index contributed by atoms with van der Waals surface area (Å²) < 4.78 is 27.0. The van der Waals surface area contributed by atoms with Crippen LogP contribution in [0.2, 0.25) is 0 Å². The number of rotatable bonds is 4. The lowest BCUT2D eigenvalue weighted by molar-refractivity contribution is -0.133. The van der Waals surface area contributed by atoms with Crippen LogP contribution in [0.25, 0.3) is 0 Å². The molecular formula is C15H22N2O3S. The average molecular weight is 310 g/mol. The van der Waals surface area contributed by atoms with Crippen molar-refractivity contribution >= 4 is 15.9 Å². The van der Waals surface area contributed by atoms with Crippen molar-refractivity contribution in [3.8, 4) is 0 Å². The van der Waals surface area contributed by atoms with E-state index in [1.807, 2.05) is 6.92 Å². The van der Waals surface area contributed by atoms with E-state index >= 15 is 0 Å². The highest BCUT2D eigenvalue weighted by molar-refractivity contribution is 7.89. The summed E-state index contributed by atoms with van der Waals surface area (Å²) >= 11 is 0. The molecule has 1 amide bonds. The van der Waals surface area contributed by atoms with Gasteiger partial charge in [0, 0.05) is 13.1 Å². The van der Waals surface area contributed by atoms with Crippen molar-refractivity contribution in [2.45, 2.75) is 44.0 Å². The Morgan fingerprint density at radius 3 is 2.29 bits per heavy atom. The second kappa shape index (κ2) is 6.58. The molecule has 0 unspecified atom stereocenters. The van der Waals surface area contributed by atoms with Crippen LogP contribution < -0.4 is 4.72 Å². The predicted octanol–water partition coefficient (Wildman–Crippen LogP) is 1.67. The van der Waals surface area contributed by atoms with Gasteiger partial charge < -0.3 is 4.90 Å². The molecule has 1 saturated heterocycles. The minimum atomic E-state index is -3.66. The van der Waals surface area contributed by atoms with Crippen LogP contribution in [0.1, 0.15) is 31.7 Å². The van der Waals surface area contributed by atoms with E-state index in [9.17, 15) is 13.2 Å². The van der Waals surface area contributed by atoms with Crippen LogP contribution in [0, 0.1) is 6.92 Å². The Bertz CT molecular complexity index is 590. The monoisotopic (exact) mass is 310 g/mol. The van der Waals surface area contributed by atoms with E-state index in [0.717, 1.165) is 37.9 Å². The molecule has 0 saturated carbocycles. The number of hydrogen-bond acceptors (Lipinski definition) is 3. The first-order chi connectivity index (χ1) is 9.90. The number of hydrogen-bond donors (Lipinski definition) is 1. The highest BCUT2D eigenvalue weighted by Gasteiger charge is 2.26. The van der Waals surface area contributed by atoms with Gasteiger partial charge in [0.25, 0.3) is 0 Å². The molecule has 21 heavy (non-hydrogen) atoms. The Kier molecular flexibility index (Phi) is 5.00. The molecule has 1 heterocycles. The van der Waals surface area contributed by atoms with Gasteiger partial charge in [0.05, 0.1) is 10.9 Å². The fourth-order valence-corrected chi connectivity index (χ4v) is 3.65. The van der Waals surface area contributed by atoms with Gasteiger partial charge >= 0.3 is 0 Å². The van der Waals surface area contributed by atoms with Gasteiger partial charge in [-0.1, -0.05) is 17.7 Å². The van der Waals surface area contributed by atoms with E-state index in [1.54, 1.807) is 36.1 Å². The van der Waals surface area contributed by atoms with Gasteiger partial charge in [-0.05, 0) is 45.2 Å². The number of benzene rings is 1. The van der Waals surface area contributed by atoms with Crippen molar-refractivity contribution in [3.05, 3.63) is 29.8 Å². The minimum Gasteiger partial charge on any atom is -0.341 e. The van der Waals surface area contributed by atoms with Gasteiger partial charge in [0.15, 0.2) is 0 Å². The zero-order chi connectivity index (χ0) is 15.5. The number of carbonyl (C=O) groups is 1. The van der Waals surface area contributed by atoms with Crippen molar-refractivity contribution in [1.82, 2.24) is 9.62 Å². The Morgan fingerprint density at radius 2 is 1.71 bits per heavy atom. The molecule has 6 heteroatoms. The SMILES string of the molecule is Cc1ccc(S(=O)(=O)N[C@@H](C)C(=O)N2CCCCC2)cc1. The molecule has 1 fully saturated rings. The van der Waals surface area contributed by atoms with Crippen molar-refractivity contribution in [2.75, 3.05) is 13.1 Å². The zero-order valence-corrected chi connectivity index (χ0v) is 13.3. The molecule has 1 aromatic rings. The number of nitrogens with zero attached hydrogens (tertiary/aromatic N) is 1. The summed E-state index contributed by atoms with van der Waals surface area (Å²) in [5, 5.41) is 0. The molecule has 0 bridgehead atoms. The number of aryl methyl sites for hydroxylation is 1. The van der Waals surface area contributed by atoms with E-state index in [1.165, 1.54) is 0 Å². The van der Waals surface area contributed by atoms with Crippen molar-refractivity contribution in [1.29, 1.82) is 0 Å². The zero-order valence-electron chi connectivity index (χ0n) is 12.5. The van der Waals surface area contributed by atoms with Crippen LogP contribution in [-0.4, -0.2) is 38.4 Å². The fourth-order valence-electron chi connectivity index (χ4n) is 2.46. The first-order valence-corrected chi connectivity index (χ1v) is 8.76. The molecule has 0 radical (unpaired) electrons. The van der Waals surface area contributed by atoms with Crippen LogP contribution in [0.5, 0.6) is 0 Å². The summed E-state index contributed by atoms with van der Waals surface area (Å²) in [6, 6.07) is 5.84. The summed E-state index contributed by atoms with van der Waals surface area (Å²) in [7, 11) is -3.66. The number of amides is 1. The molecule has 5 nitrogen and oxygen atoms in total. The maximum absolute atomic E-state index is 12.3. The van der Waals surface area contributed by atoms with Gasteiger partial charge in [-0.2, -0.15) is 4.72 Å². The third kappa shape index (κ3) is 4.04. The largest absolute Gasteiger partial charge is 0.341 e. The summed E-state index contributed by atoms with van der Waals surface area (Å²) in [4.78, 5) is 14.2. The standard InChI is InChI=1S/C15H22N2O3S/c1-12-6-8-14(9-7-12)21(19,20)16-13(2)15(18)17-10-4-3-5-11-17/h6-9,13,16H,3-5,10-11H2,1-2H3/t13-/m0/s1. The summed E-state index contributed by atoms with van der Waals surface area (Å²) in [6.07, 6.45) is 3.11. The van der Waals surface area contributed by atoms with Gasteiger partial charge in [0.2, 0.25) is 15.9 Å². The number of carbonyl (C=O) groups excluding carboxylic acids is 1. The first-order valence-electron chi connectivity index (χ1n) is 7.28. The molecule has 0 spiro atoms. The normalized spacial score (nSPS) is 17.5. The van der Waals surface area contributed by atoms with Gasteiger partial charge in [0.1, 0.15) is 0 Å². The molecule has 1 aromatic carbocycles. The highest BCUT2D eigenvalue weighted by atomic mass is 32.2. The molecule has 1 aliphatic heterocycles. The molecule has 1 N–H and O–H groups in total. The molecule has 1 aliphatic rings. The number of piperidine rings is 1. The maximum Gasteiger partial charge on any atom is 0.241 e. The van der Waals surface area contributed by atoms with E-state index in [-0.39, 0.29) is 10.8 Å². The van der Waals surface area contributed by atoms with E-state index < -0.39 is 16.1 Å². The van der Waals surface area contributed by atoms with Crippen LogP contribution in [0.15, 0.2) is 29.2 Å². The van der Waals surface area contributed by atoms with Gasteiger partial charge in [-0.3, -0.25) is 4.79 Å². The summed E-state index contributed by atoms with van der Waals surface area (Å²) in [5.41, 5.74) is 0.992. The molecule has 116 valence electrons. The predicted molar refractivity (Wildman–Crippen MR) is 81.4 cm³/mol. The highest BCUT2D eigenvalue weighted by Crippen LogP contribution is 2.13. The minimum absolute atomic E-state index is 0.148. The number of likely N-dealkylation sites (tertiary alicyclic amines) is 1. The molecular weight excluding hydrogens is 288 g/mol. The van der Waals surface area contributed by atoms with Gasteiger partial charge in [-0.25, -0.2) is 8.42 Å². The topological polar surface area (TPSA) is 66.5 Å². The number of sulfonamides is 1. The van der Waals surface area contributed by atoms with Crippen LogP contribution in [0.3, 0.4) is 0 Å². The smallest absolute Gasteiger partial charge is 0.241 e. The third-order valence-corrected chi connectivity index (χ3v) is 5.26. The van der Waals surface area contributed by atoms with Crippen molar-refractivity contribution < 1.29 is 13.2 Å². The Labute approximate surface area is 126 Å². The quantitative estimate of drug-likeness (QED) is 0.920. The van der Waals surface area contributed by atoms with E-state index in [4.69, 9.17) is 0 Å². The molecule has 0 aliphatic carbocycles. The Morgan fingerprint density at radius 1 is 1.14 bits per heavy atom. The summed E-state index contributed by atoms with van der Waals surface area (Å²) in [6.45, 7) is 4.93. The van der Waals surface area contributed by atoms with Crippen LogP contribution in [-0.2, 0) is 14.8 Å². The lowest BCUT2D eigenvalue weighted by atomic mass is 10.1. The lowest BCUT2D eigenvalue weighted by Crippen LogP contribution is -2.48. The average Bonchev–Trinajstić information content (AvgIpc) is 2.47. The fraction of sp³-hybridized carbons (Fsp3) is 0.533. The third-order valence-electron chi connectivity index (χ3n) is 3.70. The maximum atomic E-state index is 12.3. The molecule has 1 atom stereocenters. The van der Waals surface area contributed by atoms with Crippen LogP contribution in [0.4, 0.5) is 0 Å². The summed E-state index contributed by atoms with van der Waals surface area (Å²) in [5.74, 6) is -0.148. The second-order valence-corrected chi connectivity index (χ2v) is 7.26. The van der Waals surface area contributed by atoms with Crippen molar-refractivity contribution in [3.63, 3.8) is 0 Å². The lowest BCUT2D eigenvalue weighted by Gasteiger charge is -2.29. The van der Waals surface area contributed by atoms with E-state index in [2.05, 4.69) is 4.72 Å². The van der Waals surface area contributed by atoms with Crippen molar-refractivity contribution in [2.24, 2.45) is 0 Å². The second-order valence-electron chi connectivity index (χ2n) is 5.54. The number of nitrogens with one attached hydrogen (secondary N) is 1. The van der Waals surface area contributed by atoms with Crippen LogP contribution >= 0.6 is 0 Å². The Balaban J connectivity index is 2.05. The Hall–Kier alpha value is -1.40. The molecule has 0 aromatic heterocycles. The molecule has 2 rings (SSSR count). The first kappa shape index (κ1) is 16.0.